The highest BCUT2D eigenvalue weighted by atomic mass is 32.1. The molecule has 1 saturated heterocycles. The van der Waals surface area contributed by atoms with Crippen molar-refractivity contribution in [2.24, 2.45) is 0 Å². The maximum atomic E-state index is 10.0. The third-order valence-electron chi connectivity index (χ3n) is 4.00. The largest absolute Gasteiger partial charge is 0.388 e. The first-order valence-electron chi connectivity index (χ1n) is 6.71. The lowest BCUT2D eigenvalue weighted by atomic mass is 10.0. The number of thiazole rings is 1. The van der Waals surface area contributed by atoms with Crippen LogP contribution in [0.2, 0.25) is 0 Å². The maximum Gasteiger partial charge on any atom is 0.186 e. The Labute approximate surface area is 117 Å². The summed E-state index contributed by atoms with van der Waals surface area (Å²) in [5.74, 6) is 0. The van der Waals surface area contributed by atoms with Crippen molar-refractivity contribution in [3.8, 4) is 0 Å². The minimum absolute atomic E-state index is 0.0934. The molecule has 0 aromatic carbocycles. The number of aromatic nitrogens is 1. The van der Waals surface area contributed by atoms with Crippen molar-refractivity contribution in [1.82, 2.24) is 4.98 Å². The Balaban J connectivity index is 1.80. The van der Waals surface area contributed by atoms with Crippen LogP contribution >= 0.6 is 11.3 Å². The second-order valence-corrected chi connectivity index (χ2v) is 6.18. The van der Waals surface area contributed by atoms with Gasteiger partial charge in [-0.3, -0.25) is 0 Å². The summed E-state index contributed by atoms with van der Waals surface area (Å²) in [6.07, 6.45) is 2.73. The molecule has 0 amide bonds. The zero-order valence-electron chi connectivity index (χ0n) is 11.3. The molecule has 1 N–H and O–H groups in total. The van der Waals surface area contributed by atoms with Crippen molar-refractivity contribution in [2.75, 3.05) is 32.2 Å². The summed E-state index contributed by atoms with van der Waals surface area (Å²) in [4.78, 5) is 7.95. The molecule has 106 valence electrons. The predicted octanol–water partition coefficient (Wildman–Crippen LogP) is 1.36. The Morgan fingerprint density at radius 3 is 2.53 bits per heavy atom. The molecule has 0 saturated carbocycles. The Morgan fingerprint density at radius 1 is 1.26 bits per heavy atom. The Bertz CT molecular complexity index is 439. The van der Waals surface area contributed by atoms with E-state index in [1.807, 2.05) is 0 Å². The monoisotopic (exact) mass is 284 g/mol. The summed E-state index contributed by atoms with van der Waals surface area (Å²) in [6, 6.07) is 0. The van der Waals surface area contributed by atoms with Crippen molar-refractivity contribution in [2.45, 2.75) is 37.6 Å². The van der Waals surface area contributed by atoms with Crippen molar-refractivity contribution < 1.29 is 14.6 Å². The van der Waals surface area contributed by atoms with Gasteiger partial charge in [-0.05, 0) is 19.3 Å². The van der Waals surface area contributed by atoms with Crippen molar-refractivity contribution in [3.63, 3.8) is 0 Å². The quantitative estimate of drug-likeness (QED) is 0.908. The molecule has 1 aliphatic heterocycles. The molecule has 3 rings (SSSR count). The molecule has 1 aliphatic carbocycles. The van der Waals surface area contributed by atoms with Gasteiger partial charge in [0.05, 0.1) is 16.7 Å². The summed E-state index contributed by atoms with van der Waals surface area (Å²) in [7, 11) is 3.44. The van der Waals surface area contributed by atoms with Gasteiger partial charge in [-0.1, -0.05) is 11.3 Å². The molecule has 0 radical (unpaired) electrons. The number of hydrogen-bond donors (Lipinski definition) is 1. The average molecular weight is 284 g/mol. The van der Waals surface area contributed by atoms with Crippen LogP contribution in [0.5, 0.6) is 0 Å². The fraction of sp³-hybridized carbons (Fsp3) is 0.769. The first-order chi connectivity index (χ1) is 9.22. The van der Waals surface area contributed by atoms with Crippen molar-refractivity contribution in [3.05, 3.63) is 10.6 Å². The first-order valence-corrected chi connectivity index (χ1v) is 7.52. The Kier molecular flexibility index (Phi) is 3.75. The second kappa shape index (κ2) is 5.36. The maximum absolute atomic E-state index is 10.0. The van der Waals surface area contributed by atoms with Gasteiger partial charge in [-0.2, -0.15) is 0 Å². The molecule has 0 bridgehead atoms. The number of rotatable bonds is 3. The van der Waals surface area contributed by atoms with Gasteiger partial charge < -0.3 is 19.5 Å². The summed E-state index contributed by atoms with van der Waals surface area (Å²) in [5, 5.41) is 11.0. The number of methoxy groups -OCH3 is 2. The minimum atomic E-state index is -0.325. The van der Waals surface area contributed by atoms with Crippen molar-refractivity contribution >= 4 is 16.5 Å². The van der Waals surface area contributed by atoms with Crippen LogP contribution in [0.15, 0.2) is 0 Å². The van der Waals surface area contributed by atoms with E-state index in [9.17, 15) is 5.11 Å². The number of anilines is 1. The standard InChI is InChI=1S/C13H20N2O3S/c1-17-10-6-15(7-11(10)18-2)13-14-8-4-3-5-9(16)12(8)19-13/h9-11,16H,3-7H2,1-2H3. The van der Waals surface area contributed by atoms with Gasteiger partial charge >= 0.3 is 0 Å². The highest BCUT2D eigenvalue weighted by molar-refractivity contribution is 7.15. The van der Waals surface area contributed by atoms with Gasteiger partial charge in [0.2, 0.25) is 0 Å². The van der Waals surface area contributed by atoms with Crippen LogP contribution in [-0.2, 0) is 15.9 Å². The van der Waals surface area contributed by atoms with Gasteiger partial charge in [-0.15, -0.1) is 0 Å². The highest BCUT2D eigenvalue weighted by Crippen LogP contribution is 2.38. The molecule has 5 nitrogen and oxygen atoms in total. The minimum Gasteiger partial charge on any atom is -0.388 e. The predicted molar refractivity (Wildman–Crippen MR) is 73.8 cm³/mol. The van der Waals surface area contributed by atoms with E-state index in [4.69, 9.17) is 14.5 Å². The molecular weight excluding hydrogens is 264 g/mol. The number of aryl methyl sites for hydroxylation is 1. The van der Waals surface area contributed by atoms with E-state index < -0.39 is 0 Å². The number of aliphatic hydroxyl groups is 1. The number of hydrogen-bond acceptors (Lipinski definition) is 6. The van der Waals surface area contributed by atoms with Gasteiger partial charge in [0.15, 0.2) is 5.13 Å². The molecular formula is C13H20N2O3S. The first kappa shape index (κ1) is 13.3. The molecule has 6 heteroatoms. The van der Waals surface area contributed by atoms with Crippen LogP contribution in [0.3, 0.4) is 0 Å². The van der Waals surface area contributed by atoms with Crippen molar-refractivity contribution in [1.29, 1.82) is 0 Å². The van der Waals surface area contributed by atoms with E-state index in [1.54, 1.807) is 25.6 Å². The van der Waals surface area contributed by atoms with Gasteiger partial charge in [0.1, 0.15) is 12.2 Å². The Morgan fingerprint density at radius 2 is 1.95 bits per heavy atom. The van der Waals surface area contributed by atoms with Crippen LogP contribution in [0, 0.1) is 0 Å². The molecule has 19 heavy (non-hydrogen) atoms. The molecule has 2 heterocycles. The molecule has 1 fully saturated rings. The van der Waals surface area contributed by atoms with Gasteiger partial charge in [0.25, 0.3) is 0 Å². The van der Waals surface area contributed by atoms with Crippen LogP contribution in [0.25, 0.3) is 0 Å². The number of fused-ring (bicyclic) bond motifs is 1. The molecule has 3 atom stereocenters. The van der Waals surface area contributed by atoms with E-state index in [0.29, 0.717) is 0 Å². The smallest absolute Gasteiger partial charge is 0.186 e. The van der Waals surface area contributed by atoms with E-state index >= 15 is 0 Å². The van der Waals surface area contributed by atoms with Crippen LogP contribution in [0.1, 0.15) is 29.5 Å². The van der Waals surface area contributed by atoms with Crippen LogP contribution in [0.4, 0.5) is 5.13 Å². The lowest BCUT2D eigenvalue weighted by Crippen LogP contribution is -2.27. The summed E-state index contributed by atoms with van der Waals surface area (Å²) < 4.78 is 10.9. The van der Waals surface area contributed by atoms with Crippen LogP contribution < -0.4 is 4.90 Å². The molecule has 2 aliphatic rings. The molecule has 3 unspecified atom stereocenters. The zero-order chi connectivity index (χ0) is 13.4. The van der Waals surface area contributed by atoms with E-state index in [1.165, 1.54) is 0 Å². The molecule has 1 aromatic heterocycles. The van der Waals surface area contributed by atoms with E-state index in [0.717, 1.165) is 48.1 Å². The third kappa shape index (κ3) is 2.38. The second-order valence-electron chi connectivity index (χ2n) is 5.17. The lowest BCUT2D eigenvalue weighted by molar-refractivity contribution is -0.00461. The topological polar surface area (TPSA) is 54.8 Å². The zero-order valence-corrected chi connectivity index (χ0v) is 12.2. The number of aliphatic hydroxyl groups excluding tert-OH is 1. The molecule has 1 aromatic rings. The van der Waals surface area contributed by atoms with Crippen LogP contribution in [-0.4, -0.2) is 49.6 Å². The molecule has 0 spiro atoms. The summed E-state index contributed by atoms with van der Waals surface area (Å²) >= 11 is 1.62. The Hall–Kier alpha value is -0.690. The van der Waals surface area contributed by atoms with E-state index in [2.05, 4.69) is 4.90 Å². The van der Waals surface area contributed by atoms with Gasteiger partial charge in [0, 0.05) is 27.3 Å². The average Bonchev–Trinajstić information content (AvgIpc) is 3.02. The summed E-state index contributed by atoms with van der Waals surface area (Å²) in [5.41, 5.74) is 1.08. The normalized spacial score (nSPS) is 30.7. The third-order valence-corrected chi connectivity index (χ3v) is 5.26. The van der Waals surface area contributed by atoms with Gasteiger partial charge in [-0.25, -0.2) is 4.98 Å². The van der Waals surface area contributed by atoms with E-state index in [-0.39, 0.29) is 18.3 Å². The number of nitrogens with zero attached hydrogens (tertiary/aromatic N) is 2. The lowest BCUT2D eigenvalue weighted by Gasteiger charge is -2.14. The SMILES string of the molecule is COC1CN(c2nc3c(s2)C(O)CCC3)CC1OC. The summed E-state index contributed by atoms with van der Waals surface area (Å²) in [6.45, 7) is 1.61. The fourth-order valence-corrected chi connectivity index (χ4v) is 4.02. The highest BCUT2D eigenvalue weighted by Gasteiger charge is 2.35. The fourth-order valence-electron chi connectivity index (χ4n) is 2.87. The number of ether oxygens (including phenoxy) is 2.